The summed E-state index contributed by atoms with van der Waals surface area (Å²) >= 11 is 6.02. The predicted molar refractivity (Wildman–Crippen MR) is 133 cm³/mol. The van der Waals surface area contributed by atoms with Crippen molar-refractivity contribution in [1.29, 1.82) is 0 Å². The number of ether oxygens (including phenoxy) is 2. The van der Waals surface area contributed by atoms with Crippen LogP contribution in [0, 0.1) is 0 Å². The largest absolute Gasteiger partial charge is 0.493 e. The molecular weight excluding hydrogens is 474 g/mol. The van der Waals surface area contributed by atoms with Gasteiger partial charge in [-0.1, -0.05) is 42.8 Å². The van der Waals surface area contributed by atoms with E-state index in [1.165, 1.54) is 38.6 Å². The first-order valence-electron chi connectivity index (χ1n) is 10.7. The lowest BCUT2D eigenvalue weighted by atomic mass is 10.1. The van der Waals surface area contributed by atoms with Crippen LogP contribution in [-0.2, 0) is 22.8 Å². The predicted octanol–water partition coefficient (Wildman–Crippen LogP) is 5.12. The molecule has 0 bridgehead atoms. The number of methoxy groups -OCH3 is 2. The van der Waals surface area contributed by atoms with E-state index in [0.717, 1.165) is 17.5 Å². The molecule has 0 radical (unpaired) electrons. The number of rotatable bonds is 7. The number of fused-ring (bicyclic) bond motifs is 1. The smallest absolute Gasteiger partial charge is 0.211 e. The zero-order valence-electron chi connectivity index (χ0n) is 19.0. The van der Waals surface area contributed by atoms with Gasteiger partial charge in [-0.25, -0.2) is 8.42 Å². The van der Waals surface area contributed by atoms with Gasteiger partial charge in [-0.15, -0.1) is 0 Å². The van der Waals surface area contributed by atoms with Crippen LogP contribution in [0.4, 0.5) is 0 Å². The molecule has 0 spiro atoms. The van der Waals surface area contributed by atoms with Gasteiger partial charge in [-0.05, 0) is 47.9 Å². The summed E-state index contributed by atoms with van der Waals surface area (Å²) in [4.78, 5) is 13.3. The Hall–Kier alpha value is -3.29. The second kappa shape index (κ2) is 9.52. The van der Waals surface area contributed by atoms with E-state index in [1.807, 2.05) is 19.1 Å². The third kappa shape index (κ3) is 4.41. The van der Waals surface area contributed by atoms with E-state index in [1.54, 1.807) is 34.9 Å². The van der Waals surface area contributed by atoms with E-state index in [0.29, 0.717) is 28.6 Å². The minimum atomic E-state index is -4.07. The number of hydrogen-bond donors (Lipinski definition) is 0. The standard InChI is InChI=1S/C26H24ClNO5S/c1-4-17-7-11-20(12-8-17)34(30,31)25-16-28(15-18-5-9-19(27)10-6-18)22-14-24(33-3)23(32-2)13-21(22)26(25)29/h5-14,16H,4,15H2,1-3H3. The molecule has 0 amide bonds. The van der Waals surface area contributed by atoms with Crippen LogP contribution in [-0.4, -0.2) is 27.2 Å². The Morgan fingerprint density at radius 1 is 0.882 bits per heavy atom. The zero-order chi connectivity index (χ0) is 24.5. The summed E-state index contributed by atoms with van der Waals surface area (Å²) in [7, 11) is -1.10. The first-order valence-corrected chi connectivity index (χ1v) is 12.5. The summed E-state index contributed by atoms with van der Waals surface area (Å²) in [5.74, 6) is 0.775. The summed E-state index contributed by atoms with van der Waals surface area (Å²) in [6, 6.07) is 17.0. The zero-order valence-corrected chi connectivity index (χ0v) is 20.6. The van der Waals surface area contributed by atoms with Crippen molar-refractivity contribution < 1.29 is 17.9 Å². The van der Waals surface area contributed by atoms with Gasteiger partial charge in [0.15, 0.2) is 11.5 Å². The van der Waals surface area contributed by atoms with Crippen molar-refractivity contribution in [1.82, 2.24) is 4.57 Å². The Kier molecular flexibility index (Phi) is 6.68. The molecule has 0 aliphatic carbocycles. The maximum atomic E-state index is 13.5. The highest BCUT2D eigenvalue weighted by Crippen LogP contribution is 2.32. The maximum Gasteiger partial charge on any atom is 0.211 e. The summed E-state index contributed by atoms with van der Waals surface area (Å²) < 4.78 is 39.6. The number of halogens is 1. The molecule has 176 valence electrons. The van der Waals surface area contributed by atoms with Gasteiger partial charge in [0.1, 0.15) is 4.90 Å². The summed E-state index contributed by atoms with van der Waals surface area (Å²) in [5.41, 5.74) is 1.83. The number of aromatic nitrogens is 1. The topological polar surface area (TPSA) is 74.6 Å². The van der Waals surface area contributed by atoms with Gasteiger partial charge in [0.05, 0.1) is 30.0 Å². The number of pyridine rings is 1. The molecule has 0 fully saturated rings. The van der Waals surface area contributed by atoms with Crippen molar-refractivity contribution >= 4 is 32.3 Å². The van der Waals surface area contributed by atoms with Gasteiger partial charge in [0, 0.05) is 23.8 Å². The average molecular weight is 498 g/mol. The fourth-order valence-corrected chi connectivity index (χ4v) is 5.32. The van der Waals surface area contributed by atoms with E-state index in [4.69, 9.17) is 21.1 Å². The van der Waals surface area contributed by atoms with E-state index < -0.39 is 15.3 Å². The molecule has 1 heterocycles. The molecule has 34 heavy (non-hydrogen) atoms. The Balaban J connectivity index is 1.98. The van der Waals surface area contributed by atoms with Crippen LogP contribution >= 0.6 is 11.6 Å². The van der Waals surface area contributed by atoms with E-state index in [9.17, 15) is 13.2 Å². The molecule has 1 aromatic heterocycles. The lowest BCUT2D eigenvalue weighted by Crippen LogP contribution is -2.20. The molecule has 0 saturated heterocycles. The third-order valence-corrected chi connectivity index (χ3v) is 7.76. The van der Waals surface area contributed by atoms with E-state index in [2.05, 4.69) is 0 Å². The second-order valence-electron chi connectivity index (χ2n) is 7.80. The Bertz CT molecular complexity index is 1510. The fraction of sp³-hybridized carbons (Fsp3) is 0.192. The molecular formula is C26H24ClNO5S. The highest BCUT2D eigenvalue weighted by Gasteiger charge is 2.25. The van der Waals surface area contributed by atoms with E-state index >= 15 is 0 Å². The molecule has 0 aliphatic rings. The Labute approximate surface area is 203 Å². The van der Waals surface area contributed by atoms with Crippen LogP contribution in [0.25, 0.3) is 10.9 Å². The van der Waals surface area contributed by atoms with Gasteiger partial charge in [0.2, 0.25) is 15.3 Å². The lowest BCUT2D eigenvalue weighted by Gasteiger charge is -2.16. The van der Waals surface area contributed by atoms with Crippen molar-refractivity contribution in [2.45, 2.75) is 29.7 Å². The summed E-state index contributed by atoms with van der Waals surface area (Å²) in [6.07, 6.45) is 2.18. The molecule has 6 nitrogen and oxygen atoms in total. The molecule has 3 aromatic carbocycles. The first-order chi connectivity index (χ1) is 16.3. The van der Waals surface area contributed by atoms with Gasteiger partial charge < -0.3 is 14.0 Å². The highest BCUT2D eigenvalue weighted by molar-refractivity contribution is 7.91. The van der Waals surface area contributed by atoms with Gasteiger partial charge in [-0.3, -0.25) is 4.79 Å². The molecule has 8 heteroatoms. The number of sulfone groups is 1. The van der Waals surface area contributed by atoms with Crippen molar-refractivity contribution in [3.8, 4) is 11.5 Å². The molecule has 0 saturated carbocycles. The van der Waals surface area contributed by atoms with Gasteiger partial charge >= 0.3 is 0 Å². The Morgan fingerprint density at radius 2 is 1.47 bits per heavy atom. The number of aryl methyl sites for hydroxylation is 1. The van der Waals surface area contributed by atoms with Crippen LogP contribution in [0.1, 0.15) is 18.1 Å². The second-order valence-corrected chi connectivity index (χ2v) is 10.2. The van der Waals surface area contributed by atoms with Crippen LogP contribution in [0.15, 0.2) is 81.4 Å². The molecule has 0 unspecified atom stereocenters. The molecule has 4 rings (SSSR count). The lowest BCUT2D eigenvalue weighted by molar-refractivity contribution is 0.355. The maximum absolute atomic E-state index is 13.5. The number of hydrogen-bond acceptors (Lipinski definition) is 5. The molecule has 0 atom stereocenters. The van der Waals surface area contributed by atoms with Gasteiger partial charge in [0.25, 0.3) is 0 Å². The van der Waals surface area contributed by atoms with Crippen molar-refractivity contribution in [2.75, 3.05) is 14.2 Å². The monoisotopic (exact) mass is 497 g/mol. The first kappa shape index (κ1) is 23.9. The average Bonchev–Trinajstić information content (AvgIpc) is 2.86. The minimum absolute atomic E-state index is 0.0691. The third-order valence-electron chi connectivity index (χ3n) is 5.75. The number of benzene rings is 3. The Morgan fingerprint density at radius 3 is 2.06 bits per heavy atom. The molecule has 4 aromatic rings. The van der Waals surface area contributed by atoms with Gasteiger partial charge in [-0.2, -0.15) is 0 Å². The normalized spacial score (nSPS) is 11.5. The van der Waals surface area contributed by atoms with Crippen LogP contribution in [0.3, 0.4) is 0 Å². The van der Waals surface area contributed by atoms with Crippen LogP contribution < -0.4 is 14.9 Å². The van der Waals surface area contributed by atoms with E-state index in [-0.39, 0.29) is 15.2 Å². The van der Waals surface area contributed by atoms with Crippen molar-refractivity contribution in [3.63, 3.8) is 0 Å². The fourth-order valence-electron chi connectivity index (χ4n) is 3.83. The van der Waals surface area contributed by atoms with Crippen molar-refractivity contribution in [3.05, 3.63) is 93.2 Å². The number of nitrogens with zero attached hydrogens (tertiary/aromatic N) is 1. The highest BCUT2D eigenvalue weighted by atomic mass is 35.5. The summed E-state index contributed by atoms with van der Waals surface area (Å²) in [5, 5.41) is 0.816. The quantitative estimate of drug-likeness (QED) is 0.354. The van der Waals surface area contributed by atoms with Crippen molar-refractivity contribution in [2.24, 2.45) is 0 Å². The minimum Gasteiger partial charge on any atom is -0.493 e. The SMILES string of the molecule is CCc1ccc(S(=O)(=O)c2cn(Cc3ccc(Cl)cc3)c3cc(OC)c(OC)cc3c2=O)cc1. The summed E-state index contributed by atoms with van der Waals surface area (Å²) in [6.45, 7) is 2.31. The molecule has 0 aliphatic heterocycles. The van der Waals surface area contributed by atoms with Crippen LogP contribution in [0.2, 0.25) is 5.02 Å². The van der Waals surface area contributed by atoms with Crippen LogP contribution in [0.5, 0.6) is 11.5 Å². The molecule has 0 N–H and O–H groups in total.